The van der Waals surface area contributed by atoms with Crippen molar-refractivity contribution in [3.63, 3.8) is 0 Å². The summed E-state index contributed by atoms with van der Waals surface area (Å²) in [5.74, 6) is 0. The highest BCUT2D eigenvalue weighted by Gasteiger charge is 2.58. The average Bonchev–Trinajstić information content (AvgIpc) is 3.38. The van der Waals surface area contributed by atoms with Crippen molar-refractivity contribution in [1.29, 1.82) is 0 Å². The zero-order chi connectivity index (χ0) is 41.7. The van der Waals surface area contributed by atoms with Crippen molar-refractivity contribution in [3.8, 4) is 0 Å². The van der Waals surface area contributed by atoms with Crippen LogP contribution in [-0.4, -0.2) is 59.3 Å². The monoisotopic (exact) mass is 829 g/mol. The van der Waals surface area contributed by atoms with Crippen LogP contribution in [-0.2, 0) is 0 Å². The van der Waals surface area contributed by atoms with Gasteiger partial charge in [0.15, 0.2) is 0 Å². The molecule has 0 aromatic heterocycles. The maximum Gasteiger partial charge on any atom is 0.252 e. The molecule has 0 radical (unpaired) electrons. The molecule has 0 aliphatic carbocycles. The number of benzene rings is 10. The van der Waals surface area contributed by atoms with Gasteiger partial charge in [0, 0.05) is 121 Å². The summed E-state index contributed by atoms with van der Waals surface area (Å²) in [7, 11) is 0. The molecule has 66 heavy (non-hydrogen) atoms. The maximum absolute atomic E-state index is 2.83. The third-order valence-electron chi connectivity index (χ3n) is 18.6. The van der Waals surface area contributed by atoms with Gasteiger partial charge in [0.2, 0.25) is 26.9 Å². The molecule has 0 saturated heterocycles. The van der Waals surface area contributed by atoms with E-state index in [0.717, 1.165) is 25.8 Å². The summed E-state index contributed by atoms with van der Waals surface area (Å²) < 4.78 is 0. The average molecular weight is 829 g/mol. The van der Waals surface area contributed by atoms with Gasteiger partial charge in [-0.05, 0) is 96.5 Å². The number of rotatable bonds is 0. The molecule has 296 valence electrons. The summed E-state index contributed by atoms with van der Waals surface area (Å²) >= 11 is 0. The van der Waals surface area contributed by atoms with Crippen LogP contribution in [0.4, 0.5) is 62.6 Å². The molecule has 0 spiro atoms. The second-order valence-corrected chi connectivity index (χ2v) is 20.8. The fraction of sp³-hybridized carbons (Fsp3) is 0.0714. The lowest BCUT2D eigenvalue weighted by molar-refractivity contribution is 1.11. The number of hydrogen-bond acceptors (Lipinski definition) is 5. The molecule has 10 aliphatic heterocycles. The minimum Gasteiger partial charge on any atom is -0.349 e. The van der Waals surface area contributed by atoms with Gasteiger partial charge < -0.3 is 24.5 Å². The van der Waals surface area contributed by atoms with Crippen molar-refractivity contribution in [3.05, 3.63) is 146 Å². The van der Waals surface area contributed by atoms with Crippen LogP contribution in [0.3, 0.4) is 0 Å². The van der Waals surface area contributed by atoms with E-state index in [9.17, 15) is 0 Å². The summed E-state index contributed by atoms with van der Waals surface area (Å²) in [4.78, 5) is 14.1. The summed E-state index contributed by atoms with van der Waals surface area (Å²) in [6.07, 6.45) is 3.74. The van der Waals surface area contributed by atoms with E-state index in [1.807, 2.05) is 0 Å². The minimum atomic E-state index is 0.153. The molecule has 10 aliphatic rings. The summed E-state index contributed by atoms with van der Waals surface area (Å²) in [6, 6.07) is 57.0. The Morgan fingerprint density at radius 2 is 0.530 bits per heavy atom. The molecule has 10 aromatic carbocycles. The van der Waals surface area contributed by atoms with Crippen molar-refractivity contribution >= 4 is 189 Å². The third kappa shape index (κ3) is 3.07. The highest BCUT2D eigenvalue weighted by molar-refractivity contribution is 7.04. The minimum absolute atomic E-state index is 0.153. The topological polar surface area (TPSA) is 16.2 Å². The molecule has 0 N–H and O–H groups in total. The smallest absolute Gasteiger partial charge is 0.252 e. The first-order valence-electron chi connectivity index (χ1n) is 24.2. The van der Waals surface area contributed by atoms with Gasteiger partial charge in [-0.3, -0.25) is 0 Å². The first-order chi connectivity index (χ1) is 32.8. The van der Waals surface area contributed by atoms with E-state index in [-0.39, 0.29) is 33.6 Å². The lowest BCUT2D eigenvalue weighted by atomic mass is 9.27. The zero-order valence-corrected chi connectivity index (χ0v) is 35.8. The van der Waals surface area contributed by atoms with E-state index in [1.54, 1.807) is 21.9 Å². The Morgan fingerprint density at radius 3 is 0.909 bits per heavy atom. The molecular formula is C56H32B5N5. The lowest BCUT2D eigenvalue weighted by Crippen LogP contribution is -2.72. The second-order valence-electron chi connectivity index (χ2n) is 20.8. The Morgan fingerprint density at radius 1 is 0.258 bits per heavy atom. The molecule has 0 bridgehead atoms. The second kappa shape index (κ2) is 10.2. The van der Waals surface area contributed by atoms with Gasteiger partial charge in [-0.25, -0.2) is 0 Å². The summed E-state index contributed by atoms with van der Waals surface area (Å²) in [6.45, 7) is 1.05. The SMILES string of the molecule is c1ccc2c(c1)B1c3ccccc3N3CB4c5ccccc5N5CB6c7ccccc7N7c8ccccc8B8CN9c%10ccccc%10B%10CN2c2c1c3c1c4c5c3c6c7c8c4c9c%10c2c1c43. The fourth-order valence-electron chi connectivity index (χ4n) is 16.7. The number of anilines is 11. The molecule has 0 atom stereocenters. The molecule has 10 heteroatoms. The van der Waals surface area contributed by atoms with Crippen molar-refractivity contribution in [2.75, 3.05) is 50.3 Å². The zero-order valence-electron chi connectivity index (χ0n) is 35.8. The van der Waals surface area contributed by atoms with Crippen molar-refractivity contribution < 1.29 is 0 Å². The van der Waals surface area contributed by atoms with Gasteiger partial charge in [-0.2, -0.15) is 0 Å². The van der Waals surface area contributed by atoms with E-state index >= 15 is 0 Å². The molecule has 0 saturated carbocycles. The van der Waals surface area contributed by atoms with Crippen LogP contribution in [0.15, 0.2) is 146 Å². The normalized spacial score (nSPS) is 17.5. The highest BCUT2D eigenvalue weighted by Crippen LogP contribution is 2.58. The van der Waals surface area contributed by atoms with Crippen molar-refractivity contribution in [2.45, 2.75) is 0 Å². The Balaban J connectivity index is 1.11. The molecule has 0 fully saturated rings. The van der Waals surface area contributed by atoms with Gasteiger partial charge in [-0.15, -0.1) is 0 Å². The van der Waals surface area contributed by atoms with Crippen LogP contribution < -0.4 is 84.6 Å². The first kappa shape index (κ1) is 32.3. The molecular weight excluding hydrogens is 797 g/mol. The van der Waals surface area contributed by atoms with E-state index < -0.39 is 0 Å². The number of nitrogens with zero attached hydrogens (tertiary/aromatic N) is 5. The third-order valence-corrected chi connectivity index (χ3v) is 18.6. The highest BCUT2D eigenvalue weighted by atomic mass is 15.2. The number of fused-ring (bicyclic) bond motifs is 18. The van der Waals surface area contributed by atoms with Crippen molar-refractivity contribution in [1.82, 2.24) is 0 Å². The van der Waals surface area contributed by atoms with Gasteiger partial charge >= 0.3 is 0 Å². The predicted octanol–water partition coefficient (Wildman–Crippen LogP) is 3.65. The van der Waals surface area contributed by atoms with Crippen LogP contribution in [0.1, 0.15) is 0 Å². The lowest BCUT2D eigenvalue weighted by Gasteiger charge is -2.56. The van der Waals surface area contributed by atoms with E-state index in [1.165, 1.54) is 133 Å². The Bertz CT molecular complexity index is 3620. The molecule has 0 unspecified atom stereocenters. The summed E-state index contributed by atoms with van der Waals surface area (Å²) in [5.41, 5.74) is 32.3. The van der Waals surface area contributed by atoms with E-state index in [2.05, 4.69) is 170 Å². The Labute approximate surface area is 382 Å². The molecule has 10 aromatic rings. The van der Waals surface area contributed by atoms with Gasteiger partial charge in [-0.1, -0.05) is 109 Å². The van der Waals surface area contributed by atoms with E-state index in [0.29, 0.717) is 0 Å². The van der Waals surface area contributed by atoms with Crippen LogP contribution in [0.25, 0.3) is 32.3 Å². The fourth-order valence-corrected chi connectivity index (χ4v) is 16.7. The maximum atomic E-state index is 2.83. The van der Waals surface area contributed by atoms with Gasteiger partial charge in [0.1, 0.15) is 0 Å². The molecule has 5 nitrogen and oxygen atoms in total. The van der Waals surface area contributed by atoms with E-state index in [4.69, 9.17) is 0 Å². The standard InChI is InChI=1S/C56H32B5N5/c1-7-19-35-29(13-1)57-25-64-37-21-9-5-17-33(37)61-34-18-6-10-22-38(34)65-26-58-30-14-2-8-20-36(30)63-28-60-32-16-4-12-24-40(32)66-39-23-11-3-15-31(39)59-27-62(35)52-45-42-41-43(47(52)57)54(64)51(61)55(65)44(41)48(58)53(63)46(42)50(60)56(66)49(45)59/h1-24H,25-28H2. The van der Waals surface area contributed by atoms with Crippen LogP contribution in [0, 0.1) is 0 Å². The van der Waals surface area contributed by atoms with Crippen LogP contribution in [0.5, 0.6) is 0 Å². The largest absolute Gasteiger partial charge is 0.349 e. The molecule has 0 amide bonds. The Hall–Kier alpha value is -7.44. The van der Waals surface area contributed by atoms with Crippen molar-refractivity contribution in [2.24, 2.45) is 0 Å². The van der Waals surface area contributed by atoms with Gasteiger partial charge in [0.05, 0.1) is 0 Å². The Kier molecular flexibility index (Phi) is 4.97. The molecule has 10 heterocycles. The predicted molar refractivity (Wildman–Crippen MR) is 283 cm³/mol. The van der Waals surface area contributed by atoms with Crippen LogP contribution in [0.2, 0.25) is 0 Å². The molecule has 20 rings (SSSR count). The quantitative estimate of drug-likeness (QED) is 0.171. The summed E-state index contributed by atoms with van der Waals surface area (Å²) in [5, 5.41) is 9.19. The number of para-hydroxylation sites is 6. The van der Waals surface area contributed by atoms with Gasteiger partial charge in [0.25, 0.3) is 6.71 Å². The van der Waals surface area contributed by atoms with Crippen LogP contribution >= 0.6 is 0 Å². The number of hydrogen-bond donors (Lipinski definition) is 0. The first-order valence-corrected chi connectivity index (χ1v) is 24.2.